The number of hydrogen-bond acceptors (Lipinski definition) is 10. The van der Waals surface area contributed by atoms with Crippen molar-refractivity contribution in [1.29, 1.82) is 0 Å². The Kier molecular flexibility index (Phi) is 9.37. The summed E-state index contributed by atoms with van der Waals surface area (Å²) in [6.45, 7) is 0. The lowest BCUT2D eigenvalue weighted by atomic mass is 10.2. The third-order valence-corrected chi connectivity index (χ3v) is 9.34. The van der Waals surface area contributed by atoms with Crippen molar-refractivity contribution in [2.45, 2.75) is 15.5 Å². The third-order valence-electron chi connectivity index (χ3n) is 5.44. The second-order valence-corrected chi connectivity index (χ2v) is 11.9. The van der Waals surface area contributed by atoms with Gasteiger partial charge in [-0.2, -0.15) is 8.42 Å². The number of aromatic nitrogens is 2. The molecule has 210 valence electrons. The normalized spacial score (nSPS) is 11.8. The van der Waals surface area contributed by atoms with Gasteiger partial charge in [-0.25, -0.2) is 5.48 Å². The molecule has 0 atom stereocenters. The fourth-order valence-corrected chi connectivity index (χ4v) is 7.24. The van der Waals surface area contributed by atoms with E-state index in [2.05, 4.69) is 14.6 Å². The maximum atomic E-state index is 13.3. The van der Waals surface area contributed by atoms with Crippen molar-refractivity contribution in [2.24, 2.45) is 10.1 Å². The molecule has 0 bridgehead atoms. The molecule has 0 saturated heterocycles. The quantitative estimate of drug-likeness (QED) is 0.0964. The van der Waals surface area contributed by atoms with Gasteiger partial charge in [-0.3, -0.25) is 5.21 Å². The lowest BCUT2D eigenvalue weighted by Crippen LogP contribution is -2.29. The zero-order valence-corrected chi connectivity index (χ0v) is 24.6. The first-order chi connectivity index (χ1) is 19.2. The number of nitrogens with zero attached hydrogens (tertiary/aromatic N) is 3. The van der Waals surface area contributed by atoms with E-state index in [1.165, 1.54) is 62.0 Å². The second-order valence-electron chi connectivity index (χ2n) is 7.94. The summed E-state index contributed by atoms with van der Waals surface area (Å²) >= 11 is 9.10. The zero-order chi connectivity index (χ0) is 28.9. The molecule has 1 aromatic heterocycles. The Bertz CT molecular complexity index is 1620. The monoisotopic (exact) mass is 621 g/mol. The lowest BCUT2D eigenvalue weighted by molar-refractivity contribution is 0.233. The van der Waals surface area contributed by atoms with E-state index in [1.807, 2.05) is 30.3 Å². The Balaban J connectivity index is 1.77. The number of benzene rings is 3. The Hall–Kier alpha value is -3.56. The van der Waals surface area contributed by atoms with Crippen LogP contribution >= 0.6 is 34.7 Å². The van der Waals surface area contributed by atoms with Crippen molar-refractivity contribution < 1.29 is 27.8 Å². The van der Waals surface area contributed by atoms with Gasteiger partial charge in [0, 0.05) is 21.8 Å². The Morgan fingerprint density at radius 2 is 1.70 bits per heavy atom. The maximum Gasteiger partial charge on any atom is 0.286 e. The van der Waals surface area contributed by atoms with Crippen LogP contribution in [-0.4, -0.2) is 51.1 Å². The average molecular weight is 622 g/mol. The lowest BCUT2D eigenvalue weighted by Gasteiger charge is -2.15. The number of guanidine groups is 1. The number of hydroxylamine groups is 1. The van der Waals surface area contributed by atoms with Crippen LogP contribution in [0, 0.1) is 0 Å². The van der Waals surface area contributed by atoms with E-state index in [0.29, 0.717) is 43.5 Å². The van der Waals surface area contributed by atoms with E-state index in [0.717, 1.165) is 11.1 Å². The predicted molar refractivity (Wildman–Crippen MR) is 155 cm³/mol. The van der Waals surface area contributed by atoms with Crippen molar-refractivity contribution in [3.8, 4) is 38.4 Å². The molecule has 4 aromatic rings. The van der Waals surface area contributed by atoms with Crippen LogP contribution in [0.15, 0.2) is 68.8 Å². The first-order valence-corrected chi connectivity index (χ1v) is 15.0. The molecule has 0 unspecified atom stereocenters. The number of methoxy groups -OCH3 is 3. The van der Waals surface area contributed by atoms with Crippen LogP contribution in [0.4, 0.5) is 0 Å². The molecule has 3 aromatic carbocycles. The molecule has 40 heavy (non-hydrogen) atoms. The molecule has 0 spiro atoms. The summed E-state index contributed by atoms with van der Waals surface area (Å²) in [5.41, 5.74) is 8.98. The molecule has 0 amide bonds. The number of halogens is 1. The first kappa shape index (κ1) is 29.4. The van der Waals surface area contributed by atoms with Crippen LogP contribution < -0.4 is 25.4 Å². The van der Waals surface area contributed by atoms with Crippen LogP contribution in [0.1, 0.15) is 5.56 Å². The van der Waals surface area contributed by atoms with Crippen LogP contribution in [0.5, 0.6) is 17.2 Å². The van der Waals surface area contributed by atoms with Gasteiger partial charge >= 0.3 is 0 Å². The molecular formula is C25H24ClN5O6S3. The van der Waals surface area contributed by atoms with Gasteiger partial charge in [0.05, 0.1) is 26.4 Å². The summed E-state index contributed by atoms with van der Waals surface area (Å²) in [4.78, 5) is 0.115. The fraction of sp³-hybridized carbons (Fsp3) is 0.160. The standard InChI is InChI=1S/C25H24ClN5O6S3/c1-35-18-9-14(10-19(36-2)22(18)37-3)13-38-20-12-17(26)16(11-21(20)40(33,34)31-25(27)30-32)24-29-28-23(39-24)15-7-5-4-6-8-15/h4-12,32H,13H2,1-3H3,(H3,27,30,31). The molecule has 4 rings (SSSR count). The average Bonchev–Trinajstić information content (AvgIpc) is 3.45. The smallest absolute Gasteiger partial charge is 0.286 e. The van der Waals surface area contributed by atoms with Crippen LogP contribution in [0.3, 0.4) is 0 Å². The van der Waals surface area contributed by atoms with Crippen LogP contribution in [0.25, 0.3) is 21.1 Å². The second kappa shape index (κ2) is 12.7. The molecule has 0 aliphatic carbocycles. The van der Waals surface area contributed by atoms with Crippen LogP contribution in [0.2, 0.25) is 5.02 Å². The van der Waals surface area contributed by atoms with Gasteiger partial charge in [0.15, 0.2) is 11.5 Å². The minimum absolute atomic E-state index is 0.181. The topological polar surface area (TPSA) is 158 Å². The summed E-state index contributed by atoms with van der Waals surface area (Å²) in [6, 6.07) is 15.9. The molecule has 0 aliphatic heterocycles. The maximum absolute atomic E-state index is 13.3. The SMILES string of the molecule is COc1cc(CSc2cc(Cl)c(-c3nnc(-c4ccccc4)s3)cc2S(=O)(=O)N=C(N)NO)cc(OC)c1OC. The largest absolute Gasteiger partial charge is 0.493 e. The summed E-state index contributed by atoms with van der Waals surface area (Å²) < 4.78 is 46.2. The Labute approximate surface area is 244 Å². The molecule has 0 saturated carbocycles. The van der Waals surface area contributed by atoms with Crippen molar-refractivity contribution in [3.63, 3.8) is 0 Å². The first-order valence-electron chi connectivity index (χ1n) is 11.4. The van der Waals surface area contributed by atoms with Crippen LogP contribution in [-0.2, 0) is 15.8 Å². The minimum atomic E-state index is -4.39. The summed E-state index contributed by atoms with van der Waals surface area (Å²) in [6.07, 6.45) is 0. The number of sulfonamides is 1. The van der Waals surface area contributed by atoms with Gasteiger partial charge in [-0.1, -0.05) is 53.3 Å². The molecule has 15 heteroatoms. The highest BCUT2D eigenvalue weighted by molar-refractivity contribution is 7.99. The highest BCUT2D eigenvalue weighted by atomic mass is 35.5. The molecule has 0 fully saturated rings. The number of ether oxygens (including phenoxy) is 3. The van der Waals surface area contributed by atoms with Crippen molar-refractivity contribution >= 4 is 50.7 Å². The predicted octanol–water partition coefficient (Wildman–Crippen LogP) is 4.83. The minimum Gasteiger partial charge on any atom is -0.493 e. The molecule has 0 aliphatic rings. The van der Waals surface area contributed by atoms with E-state index in [9.17, 15) is 8.42 Å². The molecular weight excluding hydrogens is 598 g/mol. The number of hydrogen-bond donors (Lipinski definition) is 3. The molecule has 0 radical (unpaired) electrons. The highest BCUT2D eigenvalue weighted by Crippen LogP contribution is 2.43. The third kappa shape index (κ3) is 6.42. The summed E-state index contributed by atoms with van der Waals surface area (Å²) in [5.74, 6) is 0.955. The Morgan fingerprint density at radius 1 is 1.05 bits per heavy atom. The summed E-state index contributed by atoms with van der Waals surface area (Å²) in [5, 5.41) is 18.8. The van der Waals surface area contributed by atoms with Gasteiger partial charge in [0.25, 0.3) is 10.0 Å². The van der Waals surface area contributed by atoms with Gasteiger partial charge in [-0.15, -0.1) is 26.4 Å². The van der Waals surface area contributed by atoms with E-state index < -0.39 is 16.0 Å². The van der Waals surface area contributed by atoms with Crippen molar-refractivity contribution in [1.82, 2.24) is 15.7 Å². The van der Waals surface area contributed by atoms with Gasteiger partial charge in [0.1, 0.15) is 14.9 Å². The molecule has 1 heterocycles. The number of thioether (sulfide) groups is 1. The number of nitrogens with one attached hydrogen (secondary N) is 1. The van der Waals surface area contributed by atoms with Gasteiger partial charge in [0.2, 0.25) is 11.7 Å². The summed E-state index contributed by atoms with van der Waals surface area (Å²) in [7, 11) is 0.127. The molecule has 4 N–H and O–H groups in total. The van der Waals surface area contributed by atoms with Crippen molar-refractivity contribution in [2.75, 3.05) is 21.3 Å². The highest BCUT2D eigenvalue weighted by Gasteiger charge is 2.24. The fourth-order valence-electron chi connectivity index (χ4n) is 3.62. The zero-order valence-electron chi connectivity index (χ0n) is 21.4. The van der Waals surface area contributed by atoms with E-state index in [-0.39, 0.29) is 9.92 Å². The van der Waals surface area contributed by atoms with Gasteiger partial charge in [-0.05, 0) is 29.8 Å². The van der Waals surface area contributed by atoms with E-state index in [4.69, 9.17) is 36.8 Å². The van der Waals surface area contributed by atoms with Gasteiger partial charge < -0.3 is 19.9 Å². The Morgan fingerprint density at radius 3 is 2.30 bits per heavy atom. The molecule has 11 nitrogen and oxygen atoms in total. The number of nitrogens with two attached hydrogens (primary N) is 1. The van der Waals surface area contributed by atoms with E-state index >= 15 is 0 Å². The van der Waals surface area contributed by atoms with E-state index in [1.54, 1.807) is 12.1 Å². The van der Waals surface area contributed by atoms with Crippen molar-refractivity contribution in [3.05, 3.63) is 65.2 Å². The number of rotatable bonds is 10.